The molecule has 1 aliphatic rings. The maximum Gasteiger partial charge on any atom is 0.342 e. The van der Waals surface area contributed by atoms with Gasteiger partial charge < -0.3 is 4.74 Å². The fourth-order valence-corrected chi connectivity index (χ4v) is 4.08. The maximum absolute atomic E-state index is 15.2. The Balaban J connectivity index is 1.50. The molecule has 0 saturated heterocycles. The highest BCUT2D eigenvalue weighted by Gasteiger charge is 2.31. The molecular formula is C27H27FO2. The minimum atomic E-state index is -0.565. The van der Waals surface area contributed by atoms with Crippen molar-refractivity contribution < 1.29 is 13.9 Å². The van der Waals surface area contributed by atoms with E-state index >= 15 is 4.39 Å². The number of aryl methyl sites for hydroxylation is 4. The summed E-state index contributed by atoms with van der Waals surface area (Å²) < 4.78 is 20.7. The van der Waals surface area contributed by atoms with E-state index in [2.05, 4.69) is 31.2 Å². The van der Waals surface area contributed by atoms with E-state index in [1.54, 1.807) is 0 Å². The summed E-state index contributed by atoms with van der Waals surface area (Å²) in [5, 5.41) is 0. The summed E-state index contributed by atoms with van der Waals surface area (Å²) in [4.78, 5) is 12.6. The van der Waals surface area contributed by atoms with Gasteiger partial charge in [0.1, 0.15) is 11.9 Å². The normalized spacial score (nSPS) is 15.6. The number of rotatable bonds is 6. The summed E-state index contributed by atoms with van der Waals surface area (Å²) in [6.45, 7) is 4.18. The zero-order valence-electron chi connectivity index (χ0n) is 17.6. The highest BCUT2D eigenvalue weighted by molar-refractivity contribution is 5.93. The average molecular weight is 403 g/mol. The Morgan fingerprint density at radius 1 is 0.900 bits per heavy atom. The SMILES string of the molecule is CCCc1ccc(CCc2ccc3c(c2F)C(=O)OC(c2ccc(C)cc2)C3)cc1. The topological polar surface area (TPSA) is 26.3 Å². The van der Waals surface area contributed by atoms with Crippen LogP contribution in [0.3, 0.4) is 0 Å². The Morgan fingerprint density at radius 3 is 2.23 bits per heavy atom. The largest absolute Gasteiger partial charge is 0.453 e. The minimum absolute atomic E-state index is 0.106. The summed E-state index contributed by atoms with van der Waals surface area (Å²) in [6.07, 6.45) is 3.63. The third-order valence-corrected chi connectivity index (χ3v) is 5.86. The number of esters is 1. The lowest BCUT2D eigenvalue weighted by Crippen LogP contribution is -2.24. The van der Waals surface area contributed by atoms with E-state index < -0.39 is 11.8 Å². The van der Waals surface area contributed by atoms with E-state index in [1.165, 1.54) is 11.1 Å². The van der Waals surface area contributed by atoms with E-state index in [0.29, 0.717) is 18.4 Å². The van der Waals surface area contributed by atoms with Crippen LogP contribution < -0.4 is 0 Å². The zero-order valence-corrected chi connectivity index (χ0v) is 17.6. The lowest BCUT2D eigenvalue weighted by molar-refractivity contribution is 0.0245. The Labute approximate surface area is 177 Å². The lowest BCUT2D eigenvalue weighted by atomic mass is 9.91. The molecule has 0 spiro atoms. The van der Waals surface area contributed by atoms with Crippen LogP contribution in [0.5, 0.6) is 0 Å². The highest BCUT2D eigenvalue weighted by Crippen LogP contribution is 2.33. The van der Waals surface area contributed by atoms with E-state index in [1.807, 2.05) is 43.3 Å². The fraction of sp³-hybridized carbons (Fsp3) is 0.296. The fourth-order valence-electron chi connectivity index (χ4n) is 4.08. The monoisotopic (exact) mass is 402 g/mol. The molecule has 3 aromatic carbocycles. The first-order chi connectivity index (χ1) is 14.5. The van der Waals surface area contributed by atoms with Crippen LogP contribution in [-0.2, 0) is 30.4 Å². The molecule has 1 heterocycles. The molecule has 0 N–H and O–H groups in total. The molecule has 0 aliphatic carbocycles. The van der Waals surface area contributed by atoms with Gasteiger partial charge in [0.2, 0.25) is 0 Å². The first-order valence-electron chi connectivity index (χ1n) is 10.7. The van der Waals surface area contributed by atoms with Crippen LogP contribution in [0.4, 0.5) is 4.39 Å². The standard InChI is InChI=1S/C27H27FO2/c1-3-4-19-7-9-20(10-8-19)11-14-22-15-16-23-17-24(21-12-5-18(2)6-13-21)30-27(29)25(23)26(22)28/h5-10,12-13,15-16,24H,3-4,11,14,17H2,1-2H3. The van der Waals surface area contributed by atoms with Crippen LogP contribution in [0.1, 0.15) is 63.2 Å². The van der Waals surface area contributed by atoms with Gasteiger partial charge in [0.25, 0.3) is 0 Å². The first-order valence-corrected chi connectivity index (χ1v) is 10.7. The third kappa shape index (κ3) is 4.30. The van der Waals surface area contributed by atoms with Crippen molar-refractivity contribution in [2.45, 2.75) is 52.1 Å². The molecule has 3 heteroatoms. The molecular weight excluding hydrogens is 375 g/mol. The summed E-state index contributed by atoms with van der Waals surface area (Å²) in [5.74, 6) is -0.993. The number of hydrogen-bond donors (Lipinski definition) is 0. The van der Waals surface area contributed by atoms with Crippen LogP contribution in [0.25, 0.3) is 0 Å². The Kier molecular flexibility index (Phi) is 5.98. The van der Waals surface area contributed by atoms with Crippen LogP contribution in [0, 0.1) is 12.7 Å². The molecule has 0 aromatic heterocycles. The molecule has 4 rings (SSSR count). The smallest absolute Gasteiger partial charge is 0.342 e. The van der Waals surface area contributed by atoms with Crippen molar-refractivity contribution in [3.63, 3.8) is 0 Å². The van der Waals surface area contributed by atoms with Gasteiger partial charge in [-0.15, -0.1) is 0 Å². The molecule has 30 heavy (non-hydrogen) atoms. The predicted molar refractivity (Wildman–Crippen MR) is 117 cm³/mol. The van der Waals surface area contributed by atoms with Crippen LogP contribution in [0.15, 0.2) is 60.7 Å². The Bertz CT molecular complexity index is 1040. The van der Waals surface area contributed by atoms with Gasteiger partial charge in [0, 0.05) is 6.42 Å². The van der Waals surface area contributed by atoms with Crippen molar-refractivity contribution in [2.24, 2.45) is 0 Å². The summed E-state index contributed by atoms with van der Waals surface area (Å²) in [7, 11) is 0. The first kappa shape index (κ1) is 20.3. The van der Waals surface area contributed by atoms with Crippen molar-refractivity contribution in [2.75, 3.05) is 0 Å². The van der Waals surface area contributed by atoms with E-state index in [4.69, 9.17) is 4.74 Å². The molecule has 0 fully saturated rings. The van der Waals surface area contributed by atoms with E-state index in [0.717, 1.165) is 36.0 Å². The van der Waals surface area contributed by atoms with Gasteiger partial charge in [-0.2, -0.15) is 0 Å². The molecule has 1 unspecified atom stereocenters. The molecule has 1 aliphatic heterocycles. The summed E-state index contributed by atoms with van der Waals surface area (Å²) in [5.41, 5.74) is 5.99. The van der Waals surface area contributed by atoms with Gasteiger partial charge in [-0.1, -0.05) is 79.6 Å². The quantitative estimate of drug-likeness (QED) is 0.451. The van der Waals surface area contributed by atoms with Crippen molar-refractivity contribution in [1.29, 1.82) is 0 Å². The van der Waals surface area contributed by atoms with Gasteiger partial charge >= 0.3 is 5.97 Å². The van der Waals surface area contributed by atoms with Crippen molar-refractivity contribution in [1.82, 2.24) is 0 Å². The van der Waals surface area contributed by atoms with Crippen molar-refractivity contribution >= 4 is 5.97 Å². The minimum Gasteiger partial charge on any atom is -0.453 e. The zero-order chi connectivity index (χ0) is 21.1. The molecule has 0 radical (unpaired) electrons. The number of halogens is 1. The Hall–Kier alpha value is -2.94. The number of hydrogen-bond acceptors (Lipinski definition) is 2. The van der Waals surface area contributed by atoms with Crippen molar-refractivity contribution in [3.05, 3.63) is 105 Å². The van der Waals surface area contributed by atoms with E-state index in [-0.39, 0.29) is 11.7 Å². The number of ether oxygens (including phenoxy) is 1. The molecule has 0 bridgehead atoms. The Morgan fingerprint density at radius 2 is 1.57 bits per heavy atom. The maximum atomic E-state index is 15.2. The second kappa shape index (κ2) is 8.83. The number of carbonyl (C=O) groups excluding carboxylic acids is 1. The second-order valence-corrected chi connectivity index (χ2v) is 8.15. The summed E-state index contributed by atoms with van der Waals surface area (Å²) in [6, 6.07) is 20.2. The van der Waals surface area contributed by atoms with Crippen molar-refractivity contribution in [3.8, 4) is 0 Å². The van der Waals surface area contributed by atoms with Crippen LogP contribution in [0.2, 0.25) is 0 Å². The molecule has 0 saturated carbocycles. The number of fused-ring (bicyclic) bond motifs is 1. The van der Waals surface area contributed by atoms with Gasteiger partial charge in [0.15, 0.2) is 0 Å². The predicted octanol–water partition coefficient (Wildman–Crippen LogP) is 6.33. The highest BCUT2D eigenvalue weighted by atomic mass is 19.1. The second-order valence-electron chi connectivity index (χ2n) is 8.15. The average Bonchev–Trinajstić information content (AvgIpc) is 2.75. The van der Waals surface area contributed by atoms with E-state index in [9.17, 15) is 4.79 Å². The number of benzene rings is 3. The molecule has 2 nitrogen and oxygen atoms in total. The molecule has 1 atom stereocenters. The molecule has 0 amide bonds. The number of carbonyl (C=O) groups is 1. The van der Waals surface area contributed by atoms with Gasteiger partial charge in [-0.3, -0.25) is 0 Å². The molecule has 3 aromatic rings. The molecule has 154 valence electrons. The van der Waals surface area contributed by atoms with Gasteiger partial charge in [-0.25, -0.2) is 9.18 Å². The van der Waals surface area contributed by atoms with Crippen LogP contribution in [-0.4, -0.2) is 5.97 Å². The number of cyclic esters (lactones) is 1. The van der Waals surface area contributed by atoms with Crippen LogP contribution >= 0.6 is 0 Å². The van der Waals surface area contributed by atoms with Gasteiger partial charge in [0.05, 0.1) is 5.56 Å². The van der Waals surface area contributed by atoms with Gasteiger partial charge in [-0.05, 0) is 54.0 Å². The third-order valence-electron chi connectivity index (χ3n) is 5.86. The summed E-state index contributed by atoms with van der Waals surface area (Å²) >= 11 is 0. The lowest BCUT2D eigenvalue weighted by Gasteiger charge is -2.26.